The molecule has 0 saturated heterocycles. The molecule has 0 fully saturated rings. The fourth-order valence-electron chi connectivity index (χ4n) is 0.927. The van der Waals surface area contributed by atoms with Crippen LogP contribution in [0.4, 0.5) is 5.82 Å². The number of anilines is 1. The van der Waals surface area contributed by atoms with Gasteiger partial charge in [-0.25, -0.2) is 0 Å². The first kappa shape index (κ1) is 8.00. The minimum Gasteiger partial charge on any atom is -0.382 e. The van der Waals surface area contributed by atoms with Gasteiger partial charge in [0.15, 0.2) is 5.82 Å². The first-order chi connectivity index (χ1) is 6.29. The van der Waals surface area contributed by atoms with Crippen LogP contribution in [-0.4, -0.2) is 20.0 Å². The molecule has 5 nitrogen and oxygen atoms in total. The summed E-state index contributed by atoms with van der Waals surface area (Å²) in [7, 11) is 0. The van der Waals surface area contributed by atoms with Crippen LogP contribution in [-0.2, 0) is 0 Å². The highest BCUT2D eigenvalue weighted by Crippen LogP contribution is 2.19. The van der Waals surface area contributed by atoms with Crippen LogP contribution < -0.4 is 5.73 Å². The van der Waals surface area contributed by atoms with Gasteiger partial charge in [0.05, 0.1) is 6.20 Å². The Labute approximate surface area is 79.1 Å². The summed E-state index contributed by atoms with van der Waals surface area (Å²) < 4.78 is 1.43. The summed E-state index contributed by atoms with van der Waals surface area (Å²) in [6, 6.07) is 3.49. The minimum absolute atomic E-state index is 0.363. The Kier molecular flexibility index (Phi) is 1.86. The molecule has 2 aromatic heterocycles. The van der Waals surface area contributed by atoms with Crippen LogP contribution in [0.15, 0.2) is 24.5 Å². The van der Waals surface area contributed by atoms with E-state index in [9.17, 15) is 0 Å². The van der Waals surface area contributed by atoms with Gasteiger partial charge >= 0.3 is 0 Å². The maximum absolute atomic E-state index is 5.72. The fraction of sp³-hybridized carbons (Fsp3) is 0. The van der Waals surface area contributed by atoms with Crippen molar-refractivity contribution in [2.45, 2.75) is 0 Å². The van der Waals surface area contributed by atoms with Gasteiger partial charge in [-0.3, -0.25) is 0 Å². The van der Waals surface area contributed by atoms with Gasteiger partial charge in [-0.1, -0.05) is 11.6 Å². The van der Waals surface area contributed by atoms with E-state index >= 15 is 0 Å². The SMILES string of the molecule is Nc1c(Cl)cnn1-c1cccnn1. The number of hydrogen-bond donors (Lipinski definition) is 1. The summed E-state index contributed by atoms with van der Waals surface area (Å²) in [5, 5.41) is 11.9. The monoisotopic (exact) mass is 195 g/mol. The van der Waals surface area contributed by atoms with E-state index in [1.165, 1.54) is 10.9 Å². The Bertz CT molecular complexity index is 410. The number of halogens is 1. The predicted molar refractivity (Wildman–Crippen MR) is 48.6 cm³/mol. The summed E-state index contributed by atoms with van der Waals surface area (Å²) in [4.78, 5) is 0. The first-order valence-corrected chi connectivity index (χ1v) is 3.94. The van der Waals surface area contributed by atoms with Crippen molar-refractivity contribution in [1.82, 2.24) is 20.0 Å². The third-order valence-corrected chi connectivity index (χ3v) is 1.83. The van der Waals surface area contributed by atoms with Crippen molar-refractivity contribution in [3.63, 3.8) is 0 Å². The number of nitrogens with zero attached hydrogens (tertiary/aromatic N) is 4. The predicted octanol–water partition coefficient (Wildman–Crippen LogP) is 0.898. The second-order valence-electron chi connectivity index (χ2n) is 2.37. The van der Waals surface area contributed by atoms with Crippen molar-refractivity contribution in [2.24, 2.45) is 0 Å². The highest BCUT2D eigenvalue weighted by molar-refractivity contribution is 6.32. The van der Waals surface area contributed by atoms with Crippen molar-refractivity contribution in [2.75, 3.05) is 5.73 Å². The van der Waals surface area contributed by atoms with Gasteiger partial charge < -0.3 is 5.73 Å². The molecular weight excluding hydrogens is 190 g/mol. The smallest absolute Gasteiger partial charge is 0.178 e. The molecule has 2 N–H and O–H groups in total. The van der Waals surface area contributed by atoms with Crippen LogP contribution in [0.2, 0.25) is 5.02 Å². The first-order valence-electron chi connectivity index (χ1n) is 3.56. The second kappa shape index (κ2) is 3.02. The molecule has 66 valence electrons. The van der Waals surface area contributed by atoms with Gasteiger partial charge in [-0.05, 0) is 12.1 Å². The molecule has 2 aromatic rings. The van der Waals surface area contributed by atoms with E-state index in [0.717, 1.165) is 0 Å². The number of nitrogen functional groups attached to an aromatic ring is 1. The van der Waals surface area contributed by atoms with E-state index in [1.807, 2.05) is 0 Å². The summed E-state index contributed by atoms with van der Waals surface area (Å²) in [5.41, 5.74) is 5.64. The van der Waals surface area contributed by atoms with Gasteiger partial charge in [0, 0.05) is 6.20 Å². The second-order valence-corrected chi connectivity index (χ2v) is 2.78. The Balaban J connectivity index is 2.53. The van der Waals surface area contributed by atoms with E-state index < -0.39 is 0 Å². The zero-order chi connectivity index (χ0) is 9.26. The molecule has 0 unspecified atom stereocenters. The lowest BCUT2D eigenvalue weighted by Crippen LogP contribution is -2.04. The molecule has 0 aliphatic carbocycles. The molecule has 0 radical (unpaired) electrons. The highest BCUT2D eigenvalue weighted by Gasteiger charge is 2.06. The molecule has 2 rings (SSSR count). The summed E-state index contributed by atoms with van der Waals surface area (Å²) in [6.45, 7) is 0. The summed E-state index contributed by atoms with van der Waals surface area (Å²) in [5.74, 6) is 0.911. The molecule has 0 atom stereocenters. The molecule has 0 aliphatic heterocycles. The van der Waals surface area contributed by atoms with Gasteiger partial charge in [-0.2, -0.15) is 14.9 Å². The van der Waals surface area contributed by atoms with Crippen molar-refractivity contribution in [3.05, 3.63) is 29.5 Å². The largest absolute Gasteiger partial charge is 0.382 e. The molecule has 6 heteroatoms. The van der Waals surface area contributed by atoms with Crippen LogP contribution in [0.3, 0.4) is 0 Å². The van der Waals surface area contributed by atoms with E-state index in [0.29, 0.717) is 16.7 Å². The quantitative estimate of drug-likeness (QED) is 0.734. The molecule has 2 heterocycles. The number of aromatic nitrogens is 4. The molecule has 0 saturated carbocycles. The molecule has 0 amide bonds. The van der Waals surface area contributed by atoms with E-state index in [4.69, 9.17) is 17.3 Å². The lowest BCUT2D eigenvalue weighted by atomic mass is 10.5. The molecule has 0 aliphatic rings. The maximum Gasteiger partial charge on any atom is 0.178 e. The zero-order valence-electron chi connectivity index (χ0n) is 6.55. The molecule has 13 heavy (non-hydrogen) atoms. The molecule has 0 bridgehead atoms. The van der Waals surface area contributed by atoms with Crippen molar-refractivity contribution in [3.8, 4) is 5.82 Å². The average Bonchev–Trinajstić information content (AvgIpc) is 2.49. The van der Waals surface area contributed by atoms with Crippen LogP contribution in [0, 0.1) is 0 Å². The van der Waals surface area contributed by atoms with E-state index in [2.05, 4.69) is 15.3 Å². The zero-order valence-corrected chi connectivity index (χ0v) is 7.31. The van der Waals surface area contributed by atoms with Gasteiger partial charge in [0.1, 0.15) is 10.8 Å². The third kappa shape index (κ3) is 1.33. The Morgan fingerprint density at radius 1 is 1.46 bits per heavy atom. The van der Waals surface area contributed by atoms with Crippen molar-refractivity contribution in [1.29, 1.82) is 0 Å². The molecule has 0 spiro atoms. The van der Waals surface area contributed by atoms with Crippen LogP contribution in [0.1, 0.15) is 0 Å². The van der Waals surface area contributed by atoms with Crippen molar-refractivity contribution < 1.29 is 0 Å². The highest BCUT2D eigenvalue weighted by atomic mass is 35.5. The lowest BCUT2D eigenvalue weighted by molar-refractivity contribution is 0.823. The average molecular weight is 196 g/mol. The van der Waals surface area contributed by atoms with E-state index in [-0.39, 0.29) is 0 Å². The number of rotatable bonds is 1. The van der Waals surface area contributed by atoms with Gasteiger partial charge in [-0.15, -0.1) is 5.10 Å². The summed E-state index contributed by atoms with van der Waals surface area (Å²) >= 11 is 5.72. The number of hydrogen-bond acceptors (Lipinski definition) is 4. The number of nitrogens with two attached hydrogens (primary N) is 1. The topological polar surface area (TPSA) is 69.6 Å². The van der Waals surface area contributed by atoms with Gasteiger partial charge in [0.25, 0.3) is 0 Å². The molecular formula is C7H6ClN5. The fourth-order valence-corrected chi connectivity index (χ4v) is 1.05. The van der Waals surface area contributed by atoms with Crippen LogP contribution in [0.5, 0.6) is 0 Å². The standard InChI is InChI=1S/C7H6ClN5/c8-5-4-11-13(7(5)9)6-2-1-3-10-12-6/h1-4H,9H2. The minimum atomic E-state index is 0.363. The lowest BCUT2D eigenvalue weighted by Gasteiger charge is -1.99. The molecule has 0 aromatic carbocycles. The van der Waals surface area contributed by atoms with E-state index in [1.54, 1.807) is 18.3 Å². The van der Waals surface area contributed by atoms with Crippen molar-refractivity contribution >= 4 is 17.4 Å². The Morgan fingerprint density at radius 2 is 2.31 bits per heavy atom. The Hall–Kier alpha value is -1.62. The van der Waals surface area contributed by atoms with Crippen LogP contribution >= 0.6 is 11.6 Å². The Morgan fingerprint density at radius 3 is 2.85 bits per heavy atom. The van der Waals surface area contributed by atoms with Crippen LogP contribution in [0.25, 0.3) is 5.82 Å². The normalized spacial score (nSPS) is 10.2. The maximum atomic E-state index is 5.72. The van der Waals surface area contributed by atoms with Gasteiger partial charge in [0.2, 0.25) is 0 Å². The third-order valence-electron chi connectivity index (χ3n) is 1.53. The summed E-state index contributed by atoms with van der Waals surface area (Å²) in [6.07, 6.45) is 3.04.